The highest BCUT2D eigenvalue weighted by molar-refractivity contribution is 14.1. The summed E-state index contributed by atoms with van der Waals surface area (Å²) in [7, 11) is 3.25. The molecule has 111 heavy (non-hydrogen) atoms. The van der Waals surface area contributed by atoms with Crippen molar-refractivity contribution in [3.63, 3.8) is 0 Å². The summed E-state index contributed by atoms with van der Waals surface area (Å²) in [4.78, 5) is 134. The number of benzene rings is 6. The van der Waals surface area contributed by atoms with Gasteiger partial charge in [0.2, 0.25) is 47.3 Å². The predicted molar refractivity (Wildman–Crippen MR) is 420 cm³/mol. The van der Waals surface area contributed by atoms with E-state index >= 15 is 24.0 Å². The predicted octanol–water partition coefficient (Wildman–Crippen LogP) is 5.29. The summed E-state index contributed by atoms with van der Waals surface area (Å²) in [6, 6.07) is 29.9. The number of nitrogens with one attached hydrogen (secondary N) is 9. The number of aromatic nitrogens is 7. The number of aromatic amines is 1. The summed E-state index contributed by atoms with van der Waals surface area (Å²) in [6.45, 7) is 12.9. The average molecular weight is 1630 g/mol. The highest BCUT2D eigenvalue weighted by Gasteiger charge is 2.49. The van der Waals surface area contributed by atoms with E-state index in [9.17, 15) is 24.3 Å². The molecule has 31 heteroatoms. The van der Waals surface area contributed by atoms with Crippen molar-refractivity contribution < 1.29 is 62.5 Å². The first-order valence-electron chi connectivity index (χ1n) is 37.4. The minimum absolute atomic E-state index is 0.0167. The number of likely N-dealkylation sites (N-methyl/N-ethyl adjacent to an activating group) is 2. The fraction of sp³-hybridized carbons (Fsp3) is 0.450. The van der Waals surface area contributed by atoms with E-state index in [2.05, 4.69) is 73.5 Å². The molecule has 0 aliphatic carbocycles. The zero-order valence-electron chi connectivity index (χ0n) is 63.7. The molecule has 30 nitrogen and oxygen atoms in total. The number of hydrogen-bond acceptors (Lipinski definition) is 19. The van der Waals surface area contributed by atoms with E-state index < -0.39 is 135 Å². The third kappa shape index (κ3) is 21.1. The van der Waals surface area contributed by atoms with Crippen LogP contribution in [-0.2, 0) is 80.2 Å². The van der Waals surface area contributed by atoms with E-state index in [4.69, 9.17) is 14.2 Å². The number of H-pyrrole nitrogens is 1. The lowest BCUT2D eigenvalue weighted by molar-refractivity contribution is -0.145. The molecule has 8 aromatic rings. The number of rotatable bonds is 14. The number of carbonyl (C=O) groups is 9. The number of carboxylic acid groups (broad SMARTS) is 1. The summed E-state index contributed by atoms with van der Waals surface area (Å²) >= 11 is 1.93. The van der Waals surface area contributed by atoms with Crippen molar-refractivity contribution >= 4 is 97.4 Å². The van der Waals surface area contributed by atoms with Crippen molar-refractivity contribution in [3.8, 4) is 11.5 Å². The van der Waals surface area contributed by atoms with Gasteiger partial charge in [-0.1, -0.05) is 179 Å². The zero-order chi connectivity index (χ0) is 79.3. The van der Waals surface area contributed by atoms with Gasteiger partial charge in [0.1, 0.15) is 70.1 Å². The number of tetrazole rings is 1. The van der Waals surface area contributed by atoms with Gasteiger partial charge in [-0.2, -0.15) is 0 Å². The smallest absolute Gasteiger partial charge is 0.326 e. The molecule has 2 fully saturated rings. The molecule has 0 spiro atoms. The van der Waals surface area contributed by atoms with Crippen LogP contribution in [0.25, 0.3) is 21.5 Å². The van der Waals surface area contributed by atoms with Crippen molar-refractivity contribution in [3.05, 3.63) is 173 Å². The molecule has 10 bridgehead atoms. The van der Waals surface area contributed by atoms with Gasteiger partial charge >= 0.3 is 5.97 Å². The summed E-state index contributed by atoms with van der Waals surface area (Å²) < 4.78 is 19.8. The number of alkyl halides is 1. The molecule has 6 aliphatic rings. The number of likely N-dealkylation sites (tertiary alicyclic amines) is 2. The molecule has 12 atom stereocenters. The number of amides is 8. The Morgan fingerprint density at radius 3 is 1.68 bits per heavy atom. The Morgan fingerprint density at radius 2 is 1.14 bits per heavy atom. The highest BCUT2D eigenvalue weighted by Crippen LogP contribution is 2.34. The molecule has 8 amide bonds. The van der Waals surface area contributed by atoms with Gasteiger partial charge in [-0.25, -0.2) is 14.6 Å². The largest absolute Gasteiger partial charge is 0.494 e. The lowest BCUT2D eigenvalue weighted by Crippen LogP contribution is -2.60. The van der Waals surface area contributed by atoms with E-state index in [0.717, 1.165) is 32.7 Å². The van der Waals surface area contributed by atoms with Gasteiger partial charge in [0.25, 0.3) is 0 Å². The molecule has 6 aromatic carbocycles. The number of fused-ring (bicyclic) bond motifs is 2. The fourth-order valence-electron chi connectivity index (χ4n) is 14.0. The van der Waals surface area contributed by atoms with E-state index in [-0.39, 0.29) is 77.3 Å². The van der Waals surface area contributed by atoms with Crippen LogP contribution in [0.4, 0.5) is 0 Å². The standard InChI is InChI=1S/C80H98IN17O13/c1-46(82-8)70(99)88-66(79(2,3)4)76(105)96-43-56-40-64(96)73(102)85-61(38-49-20-26-51-16-10-12-18-53(51)34-49)71(100)84-60(69-91-93-94-92-69)36-47-22-28-57(29-23-47)109-32-14-15-33-110-59-41-65(97(44-59)77(106)67(80(5,6)7)89-75(104)68(81)83-9)74(103)86-62(39-50-21-27-52-17-11-13-19-54(52)35-50)72(101)87-63(78(107)108)37-48-24-30-58(31-25-48)111-45-55-42-98(56)95-90-55/h10-13,16-31,34-35,42,46,56,59-68,82-83H,14-15,32-33,36-41,43-45H2,1-9H3,(H,84,100)(H,85,102)(H,86,103)(H,87,101)(H,88,99)(H,89,104)(H,107,108)(H,91,92,93,94)/t46-,56?,59-,60-,61-,62-,63-,64?,65-,66+,67+,68+/m0/s1. The third-order valence-electron chi connectivity index (χ3n) is 20.4. The number of ether oxygens (including phenoxy) is 3. The monoisotopic (exact) mass is 1630 g/mol. The number of hydrogen-bond donors (Lipinski definition) is 10. The second kappa shape index (κ2) is 36.6. The number of nitrogens with zero attached hydrogens (tertiary/aromatic N) is 8. The molecular formula is C80H98IN17O13. The van der Waals surface area contributed by atoms with Crippen LogP contribution in [0.15, 0.2) is 140 Å². The molecule has 588 valence electrons. The van der Waals surface area contributed by atoms with Crippen molar-refractivity contribution in [1.82, 2.24) is 88.0 Å². The SMILES string of the molecule is CN[C@@H](C)C(=O)N[C@H](C(=O)N1CC2CC1C(=O)N[C@@H](Cc1ccc3ccccc3c1)C(=O)N[C@H](c1nnn[nH]1)Cc1ccc(cc1)OCCCCO[C@H]1C[C@@H](C(=O)N[C@@H](Cc3ccc4ccccc4c3)C(=O)N[C@H](C(=O)O)Cc3ccc(cc3)OCc3cn2nn3)N(C(=O)[C@@H](NC(=O)[C@H](I)NC)C(C)(C)C)C1)C(C)(C)C. The van der Waals surface area contributed by atoms with E-state index in [0.29, 0.717) is 41.2 Å². The summed E-state index contributed by atoms with van der Waals surface area (Å²) in [5, 5.41) is 61.6. The van der Waals surface area contributed by atoms with Crippen LogP contribution in [0.5, 0.6) is 11.5 Å². The number of aliphatic carboxylic acids is 1. The Balaban J connectivity index is 0.898. The molecule has 2 unspecified atom stereocenters. The first-order valence-corrected chi connectivity index (χ1v) is 38.6. The Bertz CT molecular complexity index is 4610. The van der Waals surface area contributed by atoms with Crippen molar-refractivity contribution in [2.45, 2.75) is 177 Å². The van der Waals surface area contributed by atoms with E-state index in [1.165, 1.54) is 9.80 Å². The third-order valence-corrected chi connectivity index (χ3v) is 21.6. The van der Waals surface area contributed by atoms with Gasteiger partial charge in [0.15, 0.2) is 5.82 Å². The van der Waals surface area contributed by atoms with Crippen LogP contribution in [0.1, 0.15) is 120 Å². The van der Waals surface area contributed by atoms with Crippen LogP contribution in [0.3, 0.4) is 0 Å². The highest BCUT2D eigenvalue weighted by atomic mass is 127. The molecule has 14 rings (SSSR count). The molecular weight excluding hydrogens is 1530 g/mol. The van der Waals surface area contributed by atoms with Gasteiger partial charge in [-0.15, -0.1) is 10.2 Å². The van der Waals surface area contributed by atoms with Gasteiger partial charge in [-0.3, -0.25) is 38.4 Å². The van der Waals surface area contributed by atoms with Crippen LogP contribution in [0.2, 0.25) is 0 Å². The maximum atomic E-state index is 15.4. The van der Waals surface area contributed by atoms with Crippen molar-refractivity contribution in [2.24, 2.45) is 10.8 Å². The zero-order valence-corrected chi connectivity index (χ0v) is 65.9. The lowest BCUT2D eigenvalue weighted by atomic mass is 9.85. The van der Waals surface area contributed by atoms with Crippen LogP contribution in [-0.4, -0.2) is 203 Å². The normalized spacial score (nSPS) is 22.0. The number of halogens is 1. The molecule has 6 aliphatic heterocycles. The first kappa shape index (κ1) is 81.5. The van der Waals surface area contributed by atoms with Crippen LogP contribution < -0.4 is 52.0 Å². The van der Waals surface area contributed by atoms with Gasteiger partial charge < -0.3 is 71.7 Å². The van der Waals surface area contributed by atoms with E-state index in [1.54, 1.807) is 68.3 Å². The lowest BCUT2D eigenvalue weighted by Gasteiger charge is -2.36. The molecule has 2 aromatic heterocycles. The Labute approximate surface area is 657 Å². The molecule has 8 heterocycles. The maximum absolute atomic E-state index is 15.4. The first-order chi connectivity index (χ1) is 53.1. The Morgan fingerprint density at radius 1 is 0.604 bits per heavy atom. The Kier molecular flexibility index (Phi) is 26.8. The number of carboxylic acids is 1. The number of carbonyl (C=O) groups excluding carboxylic acids is 8. The second-order valence-electron chi connectivity index (χ2n) is 30.8. The quantitative estimate of drug-likeness (QED) is 0.0375. The van der Waals surface area contributed by atoms with Crippen molar-refractivity contribution in [1.29, 1.82) is 0 Å². The Hall–Kier alpha value is -10.5. The van der Waals surface area contributed by atoms with Gasteiger partial charge in [0, 0.05) is 58.2 Å². The fourth-order valence-corrected chi connectivity index (χ4v) is 14.2. The van der Waals surface area contributed by atoms with E-state index in [1.807, 2.05) is 161 Å². The second-order valence-corrected chi connectivity index (χ2v) is 32.0. The molecule has 0 saturated carbocycles. The van der Waals surface area contributed by atoms with Gasteiger partial charge in [0.05, 0.1) is 37.0 Å². The maximum Gasteiger partial charge on any atom is 0.326 e. The summed E-state index contributed by atoms with van der Waals surface area (Å²) in [5.74, 6) is -4.80. The molecule has 0 radical (unpaired) electrons. The molecule has 2 saturated heterocycles. The average Bonchev–Trinajstić information content (AvgIpc) is 1.85. The van der Waals surface area contributed by atoms with Crippen LogP contribution >= 0.6 is 22.6 Å². The topological polar surface area (TPSA) is 389 Å². The van der Waals surface area contributed by atoms with Crippen LogP contribution in [0, 0.1) is 10.8 Å². The minimum Gasteiger partial charge on any atom is -0.494 e. The summed E-state index contributed by atoms with van der Waals surface area (Å²) in [5.41, 5.74) is 1.35. The summed E-state index contributed by atoms with van der Waals surface area (Å²) in [6.07, 6.45) is 2.06. The van der Waals surface area contributed by atoms with Gasteiger partial charge in [-0.05, 0) is 123 Å². The molecule has 10 N–H and O–H groups in total. The minimum atomic E-state index is -1.49. The van der Waals surface area contributed by atoms with Crippen molar-refractivity contribution in [2.75, 3.05) is 40.4 Å².